The molecular formula is C21H14F5N3O4. The van der Waals surface area contributed by atoms with Crippen LogP contribution in [0.1, 0.15) is 26.3 Å². The highest BCUT2D eigenvalue weighted by atomic mass is 19.4. The summed E-state index contributed by atoms with van der Waals surface area (Å²) in [5.41, 5.74) is 3.49. The van der Waals surface area contributed by atoms with Crippen LogP contribution in [0.15, 0.2) is 48.7 Å². The third kappa shape index (κ3) is 5.17. The van der Waals surface area contributed by atoms with Crippen LogP contribution in [0.4, 0.5) is 27.6 Å². The number of halogens is 5. The van der Waals surface area contributed by atoms with Gasteiger partial charge in [0.05, 0.1) is 12.7 Å². The third-order valence-corrected chi connectivity index (χ3v) is 4.27. The number of hydrogen-bond acceptors (Lipinski definition) is 5. The second-order valence-corrected chi connectivity index (χ2v) is 6.47. The predicted octanol–water partition coefficient (Wildman–Crippen LogP) is 4.53. The van der Waals surface area contributed by atoms with Crippen molar-refractivity contribution in [3.63, 3.8) is 0 Å². The number of nitrogens with two attached hydrogens (primary N) is 1. The molecule has 3 N–H and O–H groups in total. The average molecular weight is 467 g/mol. The Morgan fingerprint density at radius 3 is 2.30 bits per heavy atom. The van der Waals surface area contributed by atoms with Gasteiger partial charge in [0.2, 0.25) is 23.4 Å². The molecule has 0 bridgehead atoms. The number of hydrogen-bond donors (Lipinski definition) is 2. The lowest BCUT2D eigenvalue weighted by Crippen LogP contribution is -2.16. The first kappa shape index (κ1) is 23.4. The minimum Gasteiger partial charge on any atom is -0.490 e. The Balaban J connectivity index is 2.01. The molecule has 1 heterocycles. The zero-order valence-electron chi connectivity index (χ0n) is 16.7. The van der Waals surface area contributed by atoms with E-state index >= 15 is 0 Å². The monoisotopic (exact) mass is 467 g/mol. The van der Waals surface area contributed by atoms with Crippen LogP contribution in [-0.2, 0) is 6.18 Å². The lowest BCUT2D eigenvalue weighted by molar-refractivity contribution is -0.137. The number of carbonyl (C=O) groups excluding carboxylic acids is 2. The average Bonchev–Trinajstić information content (AvgIpc) is 2.76. The largest absolute Gasteiger partial charge is 0.490 e. The third-order valence-electron chi connectivity index (χ3n) is 4.27. The number of primary amides is 1. The van der Waals surface area contributed by atoms with Gasteiger partial charge in [-0.3, -0.25) is 9.59 Å². The maximum absolute atomic E-state index is 14.0. The number of anilines is 1. The Kier molecular flexibility index (Phi) is 6.47. The molecule has 0 atom stereocenters. The summed E-state index contributed by atoms with van der Waals surface area (Å²) in [5, 5.41) is 2.33. The summed E-state index contributed by atoms with van der Waals surface area (Å²) < 4.78 is 77.0. The van der Waals surface area contributed by atoms with Gasteiger partial charge < -0.3 is 20.5 Å². The van der Waals surface area contributed by atoms with Crippen molar-refractivity contribution in [1.82, 2.24) is 4.98 Å². The summed E-state index contributed by atoms with van der Waals surface area (Å²) in [6.45, 7) is 0. The van der Waals surface area contributed by atoms with Crippen molar-refractivity contribution in [1.29, 1.82) is 0 Å². The second-order valence-electron chi connectivity index (χ2n) is 6.47. The number of amides is 2. The van der Waals surface area contributed by atoms with Crippen molar-refractivity contribution in [3.8, 4) is 17.4 Å². The Bertz CT molecular complexity index is 1210. The fourth-order valence-electron chi connectivity index (χ4n) is 2.66. The highest BCUT2D eigenvalue weighted by Crippen LogP contribution is 2.37. The number of methoxy groups -OCH3 is 1. The highest BCUT2D eigenvalue weighted by molar-refractivity contribution is 6.06. The van der Waals surface area contributed by atoms with Gasteiger partial charge in [0.25, 0.3) is 5.91 Å². The van der Waals surface area contributed by atoms with Crippen molar-refractivity contribution in [2.45, 2.75) is 6.18 Å². The van der Waals surface area contributed by atoms with E-state index in [0.29, 0.717) is 18.3 Å². The Labute approximate surface area is 182 Å². The molecule has 0 aliphatic rings. The fraction of sp³-hybridized carbons (Fsp3) is 0.0952. The van der Waals surface area contributed by atoms with Gasteiger partial charge in [-0.05, 0) is 42.5 Å². The van der Waals surface area contributed by atoms with E-state index in [-0.39, 0.29) is 11.3 Å². The Hall–Kier alpha value is -4.22. The van der Waals surface area contributed by atoms with Crippen LogP contribution in [0.2, 0.25) is 0 Å². The van der Waals surface area contributed by atoms with Crippen molar-refractivity contribution in [3.05, 3.63) is 77.0 Å². The molecule has 0 aliphatic carbocycles. The smallest absolute Gasteiger partial charge is 0.417 e. The first-order chi connectivity index (χ1) is 15.5. The number of rotatable bonds is 6. The molecule has 3 rings (SSSR count). The first-order valence-corrected chi connectivity index (χ1v) is 8.99. The van der Waals surface area contributed by atoms with Gasteiger partial charge in [-0.1, -0.05) is 0 Å². The van der Waals surface area contributed by atoms with E-state index in [0.717, 1.165) is 13.2 Å². The molecule has 1 aromatic heterocycles. The molecule has 0 saturated carbocycles. The van der Waals surface area contributed by atoms with Crippen LogP contribution in [0, 0.1) is 11.6 Å². The van der Waals surface area contributed by atoms with Gasteiger partial charge >= 0.3 is 6.18 Å². The summed E-state index contributed by atoms with van der Waals surface area (Å²) in [7, 11) is 1.02. The summed E-state index contributed by atoms with van der Waals surface area (Å²) in [6.07, 6.45) is -4.41. The molecule has 33 heavy (non-hydrogen) atoms. The van der Waals surface area contributed by atoms with E-state index in [1.54, 1.807) is 0 Å². The van der Waals surface area contributed by atoms with Gasteiger partial charge in [0.1, 0.15) is 5.56 Å². The molecule has 0 radical (unpaired) electrons. The van der Waals surface area contributed by atoms with Gasteiger partial charge in [0, 0.05) is 17.4 Å². The van der Waals surface area contributed by atoms with Crippen LogP contribution in [0.25, 0.3) is 0 Å². The molecular weight excluding hydrogens is 453 g/mol. The lowest BCUT2D eigenvalue weighted by Gasteiger charge is -2.15. The normalized spacial score (nSPS) is 11.1. The predicted molar refractivity (Wildman–Crippen MR) is 105 cm³/mol. The number of pyridine rings is 1. The molecule has 0 spiro atoms. The molecule has 0 unspecified atom stereocenters. The highest BCUT2D eigenvalue weighted by Gasteiger charge is 2.33. The van der Waals surface area contributed by atoms with Crippen molar-refractivity contribution in [2.75, 3.05) is 12.4 Å². The zero-order chi connectivity index (χ0) is 24.3. The van der Waals surface area contributed by atoms with Crippen LogP contribution in [-0.4, -0.2) is 23.9 Å². The summed E-state index contributed by atoms with van der Waals surface area (Å²) in [5.74, 6) is -6.16. The minimum atomic E-state index is -4.83. The summed E-state index contributed by atoms with van der Waals surface area (Å²) in [4.78, 5) is 27.4. The summed E-state index contributed by atoms with van der Waals surface area (Å²) >= 11 is 0. The molecule has 3 aromatic rings. The number of benzene rings is 2. The maximum atomic E-state index is 14.0. The molecule has 2 aromatic carbocycles. The molecule has 0 saturated heterocycles. The van der Waals surface area contributed by atoms with Crippen LogP contribution in [0.5, 0.6) is 17.4 Å². The molecule has 0 aliphatic heterocycles. The van der Waals surface area contributed by atoms with Gasteiger partial charge in [-0.2, -0.15) is 17.6 Å². The van der Waals surface area contributed by atoms with Crippen LogP contribution in [0.3, 0.4) is 0 Å². The Morgan fingerprint density at radius 2 is 1.73 bits per heavy atom. The van der Waals surface area contributed by atoms with Gasteiger partial charge in [-0.25, -0.2) is 9.37 Å². The number of carbonyl (C=O) groups is 2. The van der Waals surface area contributed by atoms with E-state index in [1.165, 1.54) is 24.3 Å². The van der Waals surface area contributed by atoms with Crippen molar-refractivity contribution >= 4 is 17.5 Å². The van der Waals surface area contributed by atoms with E-state index in [4.69, 9.17) is 15.2 Å². The molecule has 172 valence electrons. The van der Waals surface area contributed by atoms with E-state index in [1.807, 2.05) is 0 Å². The zero-order valence-corrected chi connectivity index (χ0v) is 16.7. The summed E-state index contributed by atoms with van der Waals surface area (Å²) in [6, 6.07) is 7.35. The first-order valence-electron chi connectivity index (χ1n) is 8.99. The molecule has 2 amide bonds. The molecule has 0 fully saturated rings. The van der Waals surface area contributed by atoms with Crippen LogP contribution < -0.4 is 20.5 Å². The van der Waals surface area contributed by atoms with E-state index in [9.17, 15) is 31.5 Å². The van der Waals surface area contributed by atoms with E-state index in [2.05, 4.69) is 10.3 Å². The second kappa shape index (κ2) is 9.10. The van der Waals surface area contributed by atoms with E-state index < -0.39 is 58.1 Å². The van der Waals surface area contributed by atoms with Crippen molar-refractivity contribution < 1.29 is 41.0 Å². The standard InChI is InChI=1S/C21H14F5N3O4/c1-32-17-15(7-6-14(22)16(17)23)33-20-13(8-11(9-28-20)21(24,25)26)19(31)29-12-4-2-10(3-5-12)18(27)30/h2-9H,1H3,(H2,27,30)(H,29,31). The minimum absolute atomic E-state index is 0.124. The van der Waals surface area contributed by atoms with Gasteiger partial charge in [-0.15, -0.1) is 0 Å². The number of alkyl halides is 3. The number of aromatic nitrogens is 1. The lowest BCUT2D eigenvalue weighted by atomic mass is 10.1. The van der Waals surface area contributed by atoms with Crippen molar-refractivity contribution in [2.24, 2.45) is 5.73 Å². The topological polar surface area (TPSA) is 104 Å². The molecule has 7 nitrogen and oxygen atoms in total. The Morgan fingerprint density at radius 1 is 1.06 bits per heavy atom. The maximum Gasteiger partial charge on any atom is 0.417 e. The number of nitrogens with one attached hydrogen (secondary N) is 1. The number of ether oxygens (including phenoxy) is 2. The quantitative estimate of drug-likeness (QED) is 0.519. The van der Waals surface area contributed by atoms with Gasteiger partial charge in [0.15, 0.2) is 11.6 Å². The SMILES string of the molecule is COc1c(Oc2ncc(C(F)(F)F)cc2C(=O)Nc2ccc(C(N)=O)cc2)ccc(F)c1F. The van der Waals surface area contributed by atoms with Crippen LogP contribution >= 0.6 is 0 Å². The fourth-order valence-corrected chi connectivity index (χ4v) is 2.66. The molecule has 12 heteroatoms. The number of nitrogens with zero attached hydrogens (tertiary/aromatic N) is 1.